The fourth-order valence-electron chi connectivity index (χ4n) is 4.13. The number of anilines is 1. The van der Waals surface area contributed by atoms with Gasteiger partial charge < -0.3 is 11.1 Å². The normalized spacial score (nSPS) is 19.0. The first-order valence-corrected chi connectivity index (χ1v) is 8.29. The zero-order chi connectivity index (χ0) is 15.3. The van der Waals surface area contributed by atoms with Crippen molar-refractivity contribution in [1.82, 2.24) is 15.2 Å². The lowest BCUT2D eigenvalue weighted by atomic mass is 9.82. The Hall–Kier alpha value is -1.13. The van der Waals surface area contributed by atoms with Crippen molar-refractivity contribution < 1.29 is 0 Å². The minimum Gasteiger partial charge on any atom is -0.383 e. The third-order valence-corrected chi connectivity index (χ3v) is 5.21. The van der Waals surface area contributed by atoms with Gasteiger partial charge in [-0.2, -0.15) is 0 Å². The molecule has 0 aliphatic heterocycles. The summed E-state index contributed by atoms with van der Waals surface area (Å²) in [7, 11) is 2.08. The number of hydrogen-bond acceptors (Lipinski definition) is 4. The molecule has 4 nitrogen and oxygen atoms in total. The average Bonchev–Trinajstić information content (AvgIpc) is 2.98. The molecule has 118 valence electrons. The third kappa shape index (κ3) is 3.22. The zero-order valence-corrected chi connectivity index (χ0v) is 13.7. The van der Waals surface area contributed by atoms with Crippen LogP contribution in [0.1, 0.15) is 45.1 Å². The van der Waals surface area contributed by atoms with Gasteiger partial charge in [0.15, 0.2) is 0 Å². The summed E-state index contributed by atoms with van der Waals surface area (Å²) in [6.07, 6.45) is 7.94. The first-order chi connectivity index (χ1) is 10.2. The van der Waals surface area contributed by atoms with Crippen LogP contribution in [0.25, 0.3) is 0 Å². The molecule has 4 heteroatoms. The number of nitrogens with zero attached hydrogens (tertiary/aromatic N) is 2. The zero-order valence-electron chi connectivity index (χ0n) is 13.7. The molecule has 0 bridgehead atoms. The van der Waals surface area contributed by atoms with Crippen molar-refractivity contribution in [3.63, 3.8) is 0 Å². The molecule has 1 fully saturated rings. The van der Waals surface area contributed by atoms with Crippen LogP contribution < -0.4 is 11.1 Å². The van der Waals surface area contributed by atoms with E-state index in [2.05, 4.69) is 42.2 Å². The predicted octanol–water partition coefficient (Wildman–Crippen LogP) is 2.45. The summed E-state index contributed by atoms with van der Waals surface area (Å²) in [5.41, 5.74) is 7.48. The summed E-state index contributed by atoms with van der Waals surface area (Å²) < 4.78 is 0. The first kappa shape index (κ1) is 16.2. The minimum absolute atomic E-state index is 0.264. The molecule has 1 saturated carbocycles. The molecule has 1 aliphatic rings. The van der Waals surface area contributed by atoms with Crippen LogP contribution >= 0.6 is 0 Å². The molecule has 1 atom stereocenters. The van der Waals surface area contributed by atoms with Crippen molar-refractivity contribution in [2.75, 3.05) is 25.9 Å². The van der Waals surface area contributed by atoms with Gasteiger partial charge in [0.2, 0.25) is 0 Å². The fraction of sp³-hybridized carbons (Fsp3) is 0.706. The Morgan fingerprint density at radius 1 is 1.33 bits per heavy atom. The maximum Gasteiger partial charge on any atom is 0.126 e. The molecule has 2 rings (SSSR count). The van der Waals surface area contributed by atoms with E-state index in [1.807, 2.05) is 6.07 Å². The van der Waals surface area contributed by atoms with Crippen molar-refractivity contribution in [1.29, 1.82) is 0 Å². The van der Waals surface area contributed by atoms with Gasteiger partial charge in [-0.1, -0.05) is 32.8 Å². The highest BCUT2D eigenvalue weighted by Crippen LogP contribution is 2.39. The van der Waals surface area contributed by atoms with Gasteiger partial charge in [0.25, 0.3) is 0 Å². The summed E-state index contributed by atoms with van der Waals surface area (Å²) in [6, 6.07) is 4.51. The third-order valence-electron chi connectivity index (χ3n) is 5.21. The predicted molar refractivity (Wildman–Crippen MR) is 89.3 cm³/mol. The van der Waals surface area contributed by atoms with Crippen LogP contribution in [0.4, 0.5) is 5.82 Å². The largest absolute Gasteiger partial charge is 0.383 e. The molecule has 0 amide bonds. The molecule has 0 saturated heterocycles. The van der Waals surface area contributed by atoms with Gasteiger partial charge in [-0.25, -0.2) is 4.98 Å². The molecule has 0 radical (unpaired) electrons. The molecule has 1 heterocycles. The number of nitrogens with one attached hydrogen (secondary N) is 1. The average molecular weight is 290 g/mol. The van der Waals surface area contributed by atoms with E-state index < -0.39 is 0 Å². The molecule has 1 aromatic rings. The second kappa shape index (κ2) is 7.23. The molecule has 3 N–H and O–H groups in total. The lowest BCUT2D eigenvalue weighted by Gasteiger charge is -2.46. The van der Waals surface area contributed by atoms with E-state index in [9.17, 15) is 0 Å². The van der Waals surface area contributed by atoms with Gasteiger partial charge in [-0.3, -0.25) is 4.90 Å². The number of hydrogen-bond donors (Lipinski definition) is 2. The fourth-order valence-corrected chi connectivity index (χ4v) is 4.13. The Morgan fingerprint density at radius 2 is 2.00 bits per heavy atom. The SMILES string of the molecule is CCN(CC)C1(C(Cc2cccnc2N)NC)CCCC1. The molecule has 21 heavy (non-hydrogen) atoms. The Labute approximate surface area is 129 Å². The number of aromatic nitrogens is 1. The van der Waals surface area contributed by atoms with Crippen LogP contribution in [-0.4, -0.2) is 41.6 Å². The number of pyridine rings is 1. The number of likely N-dealkylation sites (N-methyl/N-ethyl adjacent to an activating group) is 2. The van der Waals surface area contributed by atoms with Crippen molar-refractivity contribution in [3.8, 4) is 0 Å². The molecule has 1 unspecified atom stereocenters. The topological polar surface area (TPSA) is 54.2 Å². The second-order valence-corrected chi connectivity index (χ2v) is 6.08. The van der Waals surface area contributed by atoms with E-state index in [0.717, 1.165) is 25.1 Å². The van der Waals surface area contributed by atoms with E-state index in [4.69, 9.17) is 5.73 Å². The number of nitrogens with two attached hydrogens (primary N) is 1. The van der Waals surface area contributed by atoms with Crippen LogP contribution in [0, 0.1) is 0 Å². The molecular formula is C17H30N4. The van der Waals surface area contributed by atoms with Crippen molar-refractivity contribution in [2.24, 2.45) is 0 Å². The Morgan fingerprint density at radius 3 is 2.52 bits per heavy atom. The highest BCUT2D eigenvalue weighted by molar-refractivity contribution is 5.39. The van der Waals surface area contributed by atoms with Gasteiger partial charge in [0.1, 0.15) is 5.82 Å². The van der Waals surface area contributed by atoms with Crippen LogP contribution in [0.15, 0.2) is 18.3 Å². The van der Waals surface area contributed by atoms with Crippen molar-refractivity contribution >= 4 is 5.82 Å². The van der Waals surface area contributed by atoms with E-state index in [0.29, 0.717) is 11.9 Å². The maximum atomic E-state index is 6.05. The van der Waals surface area contributed by atoms with Gasteiger partial charge >= 0.3 is 0 Å². The highest BCUT2D eigenvalue weighted by atomic mass is 15.2. The van der Waals surface area contributed by atoms with Gasteiger partial charge in [-0.15, -0.1) is 0 Å². The molecule has 1 aromatic heterocycles. The first-order valence-electron chi connectivity index (χ1n) is 8.29. The summed E-state index contributed by atoms with van der Waals surface area (Å²) in [5, 5.41) is 3.58. The van der Waals surface area contributed by atoms with E-state index in [1.165, 1.54) is 25.7 Å². The lowest BCUT2D eigenvalue weighted by Crippen LogP contribution is -2.60. The van der Waals surface area contributed by atoms with Crippen molar-refractivity contribution in [3.05, 3.63) is 23.9 Å². The lowest BCUT2D eigenvalue weighted by molar-refractivity contribution is 0.0659. The standard InChI is InChI=1S/C17H30N4/c1-4-21(5-2)17(10-6-7-11-17)15(19-3)13-14-9-8-12-20-16(14)18/h8-9,12,15,19H,4-7,10-11,13H2,1-3H3,(H2,18,20). The molecule has 1 aliphatic carbocycles. The summed E-state index contributed by atoms with van der Waals surface area (Å²) >= 11 is 0. The Kier molecular flexibility index (Phi) is 5.59. The second-order valence-electron chi connectivity index (χ2n) is 6.08. The van der Waals surface area contributed by atoms with Crippen LogP contribution in [0.3, 0.4) is 0 Å². The highest BCUT2D eigenvalue weighted by Gasteiger charge is 2.44. The van der Waals surface area contributed by atoms with E-state index in [1.54, 1.807) is 6.20 Å². The van der Waals surface area contributed by atoms with Crippen LogP contribution in [-0.2, 0) is 6.42 Å². The summed E-state index contributed by atoms with van der Waals surface area (Å²) in [6.45, 7) is 6.76. The van der Waals surface area contributed by atoms with Crippen LogP contribution in [0.2, 0.25) is 0 Å². The smallest absolute Gasteiger partial charge is 0.126 e. The molecule has 0 aromatic carbocycles. The number of nitrogen functional groups attached to an aromatic ring is 1. The Balaban J connectivity index is 2.26. The van der Waals surface area contributed by atoms with E-state index in [-0.39, 0.29) is 5.54 Å². The molecular weight excluding hydrogens is 260 g/mol. The van der Waals surface area contributed by atoms with E-state index >= 15 is 0 Å². The monoisotopic (exact) mass is 290 g/mol. The molecule has 0 spiro atoms. The minimum atomic E-state index is 0.264. The van der Waals surface area contributed by atoms with Gasteiger partial charge in [0.05, 0.1) is 0 Å². The quantitative estimate of drug-likeness (QED) is 0.810. The number of rotatable bonds is 7. The Bertz CT molecular complexity index is 436. The van der Waals surface area contributed by atoms with Crippen LogP contribution in [0.5, 0.6) is 0 Å². The maximum absolute atomic E-state index is 6.05. The summed E-state index contributed by atoms with van der Waals surface area (Å²) in [4.78, 5) is 6.88. The van der Waals surface area contributed by atoms with Gasteiger partial charge in [0, 0.05) is 17.8 Å². The van der Waals surface area contributed by atoms with Gasteiger partial charge in [-0.05, 0) is 51.0 Å². The summed E-state index contributed by atoms with van der Waals surface area (Å²) in [5.74, 6) is 0.672. The van der Waals surface area contributed by atoms with Crippen molar-refractivity contribution in [2.45, 2.75) is 57.5 Å².